The molecule has 0 aliphatic carbocycles. The van der Waals surface area contributed by atoms with Gasteiger partial charge in [0.1, 0.15) is 0 Å². The third-order valence-electron chi connectivity index (χ3n) is 3.62. The standard InChI is InChI=1S/C10H12O2.C9H10O2/c1-7-3-5-9(6-4-7)8(2)10(11)12;1-7(9(10)11)8-5-3-2-4-6-8/h3-6,8H,1-2H3,(H,11,12);2-7H,1H3,(H,10,11). The molecule has 0 amide bonds. The van der Waals surface area contributed by atoms with E-state index in [1.165, 1.54) is 0 Å². The van der Waals surface area contributed by atoms with Gasteiger partial charge in [-0.25, -0.2) is 0 Å². The predicted molar refractivity (Wildman–Crippen MR) is 89.7 cm³/mol. The minimum Gasteiger partial charge on any atom is -0.481 e. The third kappa shape index (κ3) is 5.94. The first-order valence-electron chi connectivity index (χ1n) is 7.40. The number of carboxylic acid groups (broad SMARTS) is 2. The molecule has 0 aliphatic heterocycles. The third-order valence-corrected chi connectivity index (χ3v) is 3.62. The zero-order chi connectivity index (χ0) is 17.4. The lowest BCUT2D eigenvalue weighted by Gasteiger charge is -2.05. The number of hydrogen-bond acceptors (Lipinski definition) is 2. The zero-order valence-corrected chi connectivity index (χ0v) is 13.6. The summed E-state index contributed by atoms with van der Waals surface area (Å²) in [6, 6.07) is 16.8. The maximum atomic E-state index is 10.6. The fourth-order valence-electron chi connectivity index (χ4n) is 1.88. The second kappa shape index (κ2) is 8.73. The number of carbonyl (C=O) groups is 2. The number of carboxylic acids is 2. The van der Waals surface area contributed by atoms with Crippen LogP contribution in [0.1, 0.15) is 42.4 Å². The summed E-state index contributed by atoms with van der Waals surface area (Å²) in [5, 5.41) is 17.3. The highest BCUT2D eigenvalue weighted by Gasteiger charge is 2.12. The van der Waals surface area contributed by atoms with Crippen LogP contribution in [-0.2, 0) is 9.59 Å². The predicted octanol–water partition coefficient (Wildman–Crippen LogP) is 4.06. The fourth-order valence-corrected chi connectivity index (χ4v) is 1.88. The van der Waals surface area contributed by atoms with E-state index in [4.69, 9.17) is 10.2 Å². The smallest absolute Gasteiger partial charge is 0.310 e. The molecule has 0 saturated carbocycles. The Hall–Kier alpha value is -2.62. The molecule has 2 N–H and O–H groups in total. The lowest BCUT2D eigenvalue weighted by molar-refractivity contribution is -0.139. The Morgan fingerprint density at radius 1 is 0.739 bits per heavy atom. The number of hydrogen-bond donors (Lipinski definition) is 2. The Kier molecular flexibility index (Phi) is 7.00. The van der Waals surface area contributed by atoms with Crippen molar-refractivity contribution in [1.29, 1.82) is 0 Å². The van der Waals surface area contributed by atoms with Gasteiger partial charge in [-0.2, -0.15) is 0 Å². The quantitative estimate of drug-likeness (QED) is 0.892. The Labute approximate surface area is 136 Å². The van der Waals surface area contributed by atoms with E-state index in [1.54, 1.807) is 13.8 Å². The lowest BCUT2D eigenvalue weighted by Crippen LogP contribution is -2.06. The van der Waals surface area contributed by atoms with Gasteiger partial charge in [0, 0.05) is 0 Å². The molecule has 0 fully saturated rings. The van der Waals surface area contributed by atoms with Gasteiger partial charge in [-0.3, -0.25) is 9.59 Å². The summed E-state index contributed by atoms with van der Waals surface area (Å²) in [7, 11) is 0. The molecule has 0 aromatic heterocycles. The molecule has 2 rings (SSSR count). The van der Waals surface area contributed by atoms with Gasteiger partial charge < -0.3 is 10.2 Å². The number of benzene rings is 2. The lowest BCUT2D eigenvalue weighted by atomic mass is 10.0. The molecule has 0 aliphatic rings. The Balaban J connectivity index is 0.000000231. The van der Waals surface area contributed by atoms with Gasteiger partial charge in [0.25, 0.3) is 0 Å². The first-order chi connectivity index (χ1) is 10.8. The fraction of sp³-hybridized carbons (Fsp3) is 0.263. The summed E-state index contributed by atoms with van der Waals surface area (Å²) < 4.78 is 0. The van der Waals surface area contributed by atoms with Crippen LogP contribution in [0, 0.1) is 6.92 Å². The maximum absolute atomic E-state index is 10.6. The topological polar surface area (TPSA) is 74.6 Å². The SMILES string of the molecule is CC(C(=O)O)c1ccccc1.Cc1ccc(C(C)C(=O)O)cc1. The average molecular weight is 314 g/mol. The highest BCUT2D eigenvalue weighted by molar-refractivity contribution is 5.75. The molecule has 4 nitrogen and oxygen atoms in total. The van der Waals surface area contributed by atoms with Crippen LogP contribution in [0.2, 0.25) is 0 Å². The molecule has 0 spiro atoms. The molecule has 2 aromatic rings. The molecule has 122 valence electrons. The van der Waals surface area contributed by atoms with Crippen LogP contribution < -0.4 is 0 Å². The Morgan fingerprint density at radius 2 is 1.13 bits per heavy atom. The van der Waals surface area contributed by atoms with Crippen LogP contribution >= 0.6 is 0 Å². The van der Waals surface area contributed by atoms with E-state index in [0.717, 1.165) is 16.7 Å². The highest BCUT2D eigenvalue weighted by atomic mass is 16.4. The normalized spacial score (nSPS) is 12.5. The molecule has 2 atom stereocenters. The van der Waals surface area contributed by atoms with Gasteiger partial charge in [0.2, 0.25) is 0 Å². The van der Waals surface area contributed by atoms with Crippen LogP contribution in [0.5, 0.6) is 0 Å². The second-order valence-corrected chi connectivity index (χ2v) is 5.44. The molecule has 4 heteroatoms. The Morgan fingerprint density at radius 3 is 1.52 bits per heavy atom. The van der Waals surface area contributed by atoms with Gasteiger partial charge in [-0.1, -0.05) is 60.2 Å². The van der Waals surface area contributed by atoms with E-state index in [1.807, 2.05) is 61.5 Å². The molecular formula is C19H22O4. The van der Waals surface area contributed by atoms with Crippen molar-refractivity contribution < 1.29 is 19.8 Å². The van der Waals surface area contributed by atoms with Crippen molar-refractivity contribution >= 4 is 11.9 Å². The number of rotatable bonds is 4. The van der Waals surface area contributed by atoms with E-state index in [9.17, 15) is 9.59 Å². The van der Waals surface area contributed by atoms with E-state index in [2.05, 4.69) is 0 Å². The first kappa shape index (κ1) is 18.4. The largest absolute Gasteiger partial charge is 0.481 e. The molecule has 2 aromatic carbocycles. The van der Waals surface area contributed by atoms with Crippen molar-refractivity contribution in [3.8, 4) is 0 Å². The van der Waals surface area contributed by atoms with E-state index >= 15 is 0 Å². The summed E-state index contributed by atoms with van der Waals surface area (Å²) in [5.74, 6) is -2.38. The van der Waals surface area contributed by atoms with Crippen LogP contribution in [0.4, 0.5) is 0 Å². The van der Waals surface area contributed by atoms with Crippen molar-refractivity contribution in [2.75, 3.05) is 0 Å². The minimum absolute atomic E-state index is 0.406. The summed E-state index contributed by atoms with van der Waals surface area (Å²) in [6.45, 7) is 5.35. The van der Waals surface area contributed by atoms with E-state index in [-0.39, 0.29) is 0 Å². The van der Waals surface area contributed by atoms with E-state index in [0.29, 0.717) is 0 Å². The van der Waals surface area contributed by atoms with Crippen LogP contribution in [0.3, 0.4) is 0 Å². The summed E-state index contributed by atoms with van der Waals surface area (Å²) in [5.41, 5.74) is 2.85. The average Bonchev–Trinajstić information content (AvgIpc) is 2.55. The highest BCUT2D eigenvalue weighted by Crippen LogP contribution is 2.15. The molecule has 23 heavy (non-hydrogen) atoms. The van der Waals surface area contributed by atoms with Crippen LogP contribution in [0.15, 0.2) is 54.6 Å². The monoisotopic (exact) mass is 314 g/mol. The van der Waals surface area contributed by atoms with Gasteiger partial charge in [-0.05, 0) is 31.9 Å². The molecule has 0 radical (unpaired) electrons. The zero-order valence-electron chi connectivity index (χ0n) is 13.6. The second-order valence-electron chi connectivity index (χ2n) is 5.44. The maximum Gasteiger partial charge on any atom is 0.310 e. The van der Waals surface area contributed by atoms with E-state index < -0.39 is 23.8 Å². The van der Waals surface area contributed by atoms with Gasteiger partial charge in [0.15, 0.2) is 0 Å². The van der Waals surface area contributed by atoms with Crippen LogP contribution in [0.25, 0.3) is 0 Å². The van der Waals surface area contributed by atoms with Crippen molar-refractivity contribution in [2.24, 2.45) is 0 Å². The summed E-state index contributed by atoms with van der Waals surface area (Å²) >= 11 is 0. The van der Waals surface area contributed by atoms with Gasteiger partial charge in [0.05, 0.1) is 11.8 Å². The Bertz CT molecular complexity index is 632. The van der Waals surface area contributed by atoms with Crippen molar-refractivity contribution in [3.63, 3.8) is 0 Å². The molecule has 0 heterocycles. The van der Waals surface area contributed by atoms with Crippen molar-refractivity contribution in [3.05, 3.63) is 71.3 Å². The molecular weight excluding hydrogens is 292 g/mol. The van der Waals surface area contributed by atoms with Gasteiger partial charge >= 0.3 is 11.9 Å². The minimum atomic E-state index is -0.781. The first-order valence-corrected chi connectivity index (χ1v) is 7.40. The number of aliphatic carboxylic acids is 2. The molecule has 0 saturated heterocycles. The summed E-state index contributed by atoms with van der Waals surface area (Å²) in [6.07, 6.45) is 0. The van der Waals surface area contributed by atoms with Crippen molar-refractivity contribution in [2.45, 2.75) is 32.6 Å². The number of aryl methyl sites for hydroxylation is 1. The van der Waals surface area contributed by atoms with Gasteiger partial charge in [-0.15, -0.1) is 0 Å². The van der Waals surface area contributed by atoms with Crippen LogP contribution in [-0.4, -0.2) is 22.2 Å². The summed E-state index contributed by atoms with van der Waals surface area (Å²) in [4.78, 5) is 21.1. The molecule has 2 unspecified atom stereocenters. The van der Waals surface area contributed by atoms with Crippen molar-refractivity contribution in [1.82, 2.24) is 0 Å². The molecule has 0 bridgehead atoms.